The van der Waals surface area contributed by atoms with Crippen molar-refractivity contribution in [1.82, 2.24) is 25.5 Å². The van der Waals surface area contributed by atoms with Gasteiger partial charge in [0.15, 0.2) is 5.82 Å². The van der Waals surface area contributed by atoms with Gasteiger partial charge in [-0.3, -0.25) is 9.59 Å². The van der Waals surface area contributed by atoms with Gasteiger partial charge in [-0.25, -0.2) is 4.98 Å². The first-order chi connectivity index (χ1) is 14.0. The quantitative estimate of drug-likeness (QED) is 0.573. The minimum Gasteiger partial charge on any atom is -0.343 e. The van der Waals surface area contributed by atoms with Crippen molar-refractivity contribution >= 4 is 5.91 Å². The van der Waals surface area contributed by atoms with Gasteiger partial charge >= 0.3 is 0 Å². The molecule has 1 aromatic carbocycles. The molecule has 2 aromatic heterocycles. The predicted molar refractivity (Wildman–Crippen MR) is 111 cm³/mol. The van der Waals surface area contributed by atoms with E-state index in [9.17, 15) is 9.59 Å². The summed E-state index contributed by atoms with van der Waals surface area (Å²) < 4.78 is 0. The van der Waals surface area contributed by atoms with E-state index in [2.05, 4.69) is 32.4 Å². The lowest BCUT2D eigenvalue weighted by atomic mass is 9.86. The van der Waals surface area contributed by atoms with Crippen LogP contribution in [0.25, 0.3) is 11.5 Å². The van der Waals surface area contributed by atoms with Gasteiger partial charge in [-0.1, -0.05) is 56.5 Å². The molecule has 0 saturated heterocycles. The van der Waals surface area contributed by atoms with Crippen molar-refractivity contribution in [2.75, 3.05) is 0 Å². The number of carbonyl (C=O) groups is 1. The average Bonchev–Trinajstić information content (AvgIpc) is 2.75. The van der Waals surface area contributed by atoms with Gasteiger partial charge in [-0.2, -0.15) is 5.10 Å². The fourth-order valence-electron chi connectivity index (χ4n) is 3.25. The number of aromatic nitrogens is 4. The van der Waals surface area contributed by atoms with Crippen LogP contribution in [0.4, 0.5) is 0 Å². The van der Waals surface area contributed by atoms with Crippen LogP contribution in [0, 0.1) is 0 Å². The van der Waals surface area contributed by atoms with Crippen LogP contribution < -0.4 is 10.9 Å². The van der Waals surface area contributed by atoms with Crippen molar-refractivity contribution in [2.24, 2.45) is 0 Å². The standard InChI is InChI=1S/C22H25N5O2/c1-3-4-8-13-22(2,16-10-6-5-7-11-16)26-21(29)17-15-23-19(25-20(17)28)18-12-9-14-24-27-18/h5-7,9-12,14-15H,3-4,8,13H2,1-2H3,(H,26,29)(H,23,25,28). The van der Waals surface area contributed by atoms with Crippen LogP contribution in [0.15, 0.2) is 59.7 Å². The molecule has 7 nitrogen and oxygen atoms in total. The summed E-state index contributed by atoms with van der Waals surface area (Å²) in [5, 5.41) is 10.8. The Kier molecular flexibility index (Phi) is 6.49. The molecular weight excluding hydrogens is 366 g/mol. The Hall–Kier alpha value is -3.35. The molecule has 29 heavy (non-hydrogen) atoms. The molecule has 0 aliphatic heterocycles. The Morgan fingerprint density at radius 1 is 1.14 bits per heavy atom. The smallest absolute Gasteiger partial charge is 0.264 e. The van der Waals surface area contributed by atoms with Crippen LogP contribution in [-0.4, -0.2) is 26.1 Å². The minimum atomic E-state index is -0.580. The molecule has 1 unspecified atom stereocenters. The largest absolute Gasteiger partial charge is 0.343 e. The number of H-pyrrole nitrogens is 1. The van der Waals surface area contributed by atoms with Gasteiger partial charge in [0, 0.05) is 12.4 Å². The Balaban J connectivity index is 1.85. The maximum absolute atomic E-state index is 12.9. The van der Waals surface area contributed by atoms with Crippen LogP contribution in [0.5, 0.6) is 0 Å². The summed E-state index contributed by atoms with van der Waals surface area (Å²) in [5.74, 6) is -0.180. The number of aromatic amines is 1. The van der Waals surface area contributed by atoms with E-state index in [-0.39, 0.29) is 11.4 Å². The fraction of sp³-hybridized carbons (Fsp3) is 0.318. The highest BCUT2D eigenvalue weighted by atomic mass is 16.2. The molecule has 1 amide bonds. The summed E-state index contributed by atoms with van der Waals surface area (Å²) >= 11 is 0. The molecular formula is C22H25N5O2. The van der Waals surface area contributed by atoms with E-state index in [1.807, 2.05) is 37.3 Å². The molecule has 1 atom stereocenters. The van der Waals surface area contributed by atoms with Gasteiger partial charge in [-0.05, 0) is 31.0 Å². The lowest BCUT2D eigenvalue weighted by Crippen LogP contribution is -2.45. The number of carbonyl (C=O) groups excluding carboxylic acids is 1. The zero-order chi connectivity index (χ0) is 20.7. The van der Waals surface area contributed by atoms with Gasteiger partial charge in [-0.15, -0.1) is 5.10 Å². The molecule has 7 heteroatoms. The normalized spacial score (nSPS) is 12.9. The summed E-state index contributed by atoms with van der Waals surface area (Å²) in [5.41, 5.74) is 0.316. The van der Waals surface area contributed by atoms with Gasteiger partial charge in [0.05, 0.1) is 5.54 Å². The minimum absolute atomic E-state index is 0.0321. The molecule has 0 bridgehead atoms. The van der Waals surface area contributed by atoms with Crippen LogP contribution in [0.3, 0.4) is 0 Å². The molecule has 0 aliphatic rings. The Morgan fingerprint density at radius 3 is 2.59 bits per heavy atom. The van der Waals surface area contributed by atoms with Crippen LogP contribution in [0.2, 0.25) is 0 Å². The number of amides is 1. The summed E-state index contributed by atoms with van der Waals surface area (Å²) in [6.45, 7) is 4.13. The van der Waals surface area contributed by atoms with Crippen molar-refractivity contribution in [3.05, 3.63) is 76.3 Å². The van der Waals surface area contributed by atoms with E-state index in [1.54, 1.807) is 12.1 Å². The maximum Gasteiger partial charge on any atom is 0.264 e. The predicted octanol–water partition coefficient (Wildman–Crippen LogP) is 3.45. The van der Waals surface area contributed by atoms with E-state index in [1.165, 1.54) is 12.4 Å². The number of nitrogens with zero attached hydrogens (tertiary/aromatic N) is 3. The third-order valence-electron chi connectivity index (χ3n) is 4.94. The Bertz CT molecular complexity index is 1000. The van der Waals surface area contributed by atoms with Crippen LogP contribution in [-0.2, 0) is 5.54 Å². The molecule has 3 aromatic rings. The second-order valence-corrected chi connectivity index (χ2v) is 7.19. The molecule has 0 aliphatic carbocycles. The number of hydrogen-bond donors (Lipinski definition) is 2. The van der Waals surface area contributed by atoms with E-state index in [4.69, 9.17) is 0 Å². The number of unbranched alkanes of at least 4 members (excludes halogenated alkanes) is 2. The third-order valence-corrected chi connectivity index (χ3v) is 4.94. The first kappa shape index (κ1) is 20.4. The Labute approximate surface area is 169 Å². The van der Waals surface area contributed by atoms with Gasteiger partial charge in [0.25, 0.3) is 11.5 Å². The average molecular weight is 391 g/mol. The SMILES string of the molecule is CCCCCC(C)(NC(=O)c1cnc(-c2cccnn2)[nH]c1=O)c1ccccc1. The lowest BCUT2D eigenvalue weighted by Gasteiger charge is -2.31. The number of hydrogen-bond acceptors (Lipinski definition) is 5. The molecule has 0 fully saturated rings. The highest BCUT2D eigenvalue weighted by Crippen LogP contribution is 2.27. The highest BCUT2D eigenvalue weighted by Gasteiger charge is 2.29. The summed E-state index contributed by atoms with van der Waals surface area (Å²) in [6.07, 6.45) is 6.74. The number of rotatable bonds is 8. The van der Waals surface area contributed by atoms with Crippen molar-refractivity contribution < 1.29 is 4.79 Å². The van der Waals surface area contributed by atoms with E-state index >= 15 is 0 Å². The van der Waals surface area contributed by atoms with Crippen molar-refractivity contribution in [2.45, 2.75) is 45.1 Å². The maximum atomic E-state index is 12.9. The monoisotopic (exact) mass is 391 g/mol. The van der Waals surface area contributed by atoms with E-state index in [0.717, 1.165) is 31.2 Å². The van der Waals surface area contributed by atoms with Crippen molar-refractivity contribution in [3.8, 4) is 11.5 Å². The van der Waals surface area contributed by atoms with Gasteiger partial charge in [0.1, 0.15) is 11.3 Å². The van der Waals surface area contributed by atoms with Crippen molar-refractivity contribution in [3.63, 3.8) is 0 Å². The molecule has 2 N–H and O–H groups in total. The second-order valence-electron chi connectivity index (χ2n) is 7.19. The zero-order valence-electron chi connectivity index (χ0n) is 16.7. The zero-order valence-corrected chi connectivity index (χ0v) is 16.7. The lowest BCUT2D eigenvalue weighted by molar-refractivity contribution is 0.0896. The summed E-state index contributed by atoms with van der Waals surface area (Å²) in [7, 11) is 0. The third kappa shape index (κ3) is 4.93. The van der Waals surface area contributed by atoms with Crippen LogP contribution >= 0.6 is 0 Å². The number of nitrogens with one attached hydrogen (secondary N) is 2. The fourth-order valence-corrected chi connectivity index (χ4v) is 3.25. The van der Waals surface area contributed by atoms with E-state index in [0.29, 0.717) is 5.69 Å². The first-order valence-electron chi connectivity index (χ1n) is 9.79. The Morgan fingerprint density at radius 2 is 1.93 bits per heavy atom. The molecule has 0 saturated carbocycles. The molecule has 3 rings (SSSR count). The highest BCUT2D eigenvalue weighted by molar-refractivity contribution is 5.94. The molecule has 150 valence electrons. The first-order valence-corrected chi connectivity index (χ1v) is 9.79. The second kappa shape index (κ2) is 9.23. The summed E-state index contributed by atoms with van der Waals surface area (Å²) in [4.78, 5) is 32.3. The van der Waals surface area contributed by atoms with Gasteiger partial charge in [0.2, 0.25) is 0 Å². The molecule has 0 spiro atoms. The van der Waals surface area contributed by atoms with E-state index < -0.39 is 17.0 Å². The van der Waals surface area contributed by atoms with Crippen LogP contribution in [0.1, 0.15) is 55.5 Å². The van der Waals surface area contributed by atoms with Gasteiger partial charge < -0.3 is 10.3 Å². The molecule has 2 heterocycles. The van der Waals surface area contributed by atoms with Crippen molar-refractivity contribution in [1.29, 1.82) is 0 Å². The molecule has 0 radical (unpaired) electrons. The number of benzene rings is 1. The summed E-state index contributed by atoms with van der Waals surface area (Å²) in [6, 6.07) is 13.2. The topological polar surface area (TPSA) is 101 Å².